The van der Waals surface area contributed by atoms with Crippen LogP contribution in [0.1, 0.15) is 93.7 Å². The number of nitrogens with zero attached hydrogens (tertiary/aromatic N) is 4. The monoisotopic (exact) mass is 608 g/mol. The summed E-state index contributed by atoms with van der Waals surface area (Å²) in [5, 5.41) is 8.64. The maximum atomic E-state index is 14.4. The first-order chi connectivity index (χ1) is 21.9. The number of hydrogen-bond donors (Lipinski definition) is 0. The average Bonchev–Trinajstić information content (AvgIpc) is 3.64. The third kappa shape index (κ3) is 6.56. The van der Waals surface area contributed by atoms with E-state index in [1.807, 2.05) is 6.20 Å². The molecule has 4 aliphatic rings. The second-order valence-corrected chi connectivity index (χ2v) is 13.7. The van der Waals surface area contributed by atoms with Crippen LogP contribution in [0.5, 0.6) is 5.75 Å². The fourth-order valence-corrected chi connectivity index (χ4v) is 7.73. The Kier molecular flexibility index (Phi) is 8.47. The van der Waals surface area contributed by atoms with E-state index in [-0.39, 0.29) is 30.1 Å². The van der Waals surface area contributed by atoms with Crippen molar-refractivity contribution in [1.82, 2.24) is 9.78 Å². The zero-order chi connectivity index (χ0) is 30.9. The summed E-state index contributed by atoms with van der Waals surface area (Å²) >= 11 is 0. The fraction of sp³-hybridized carbons (Fsp3) is 0.514. The summed E-state index contributed by atoms with van der Waals surface area (Å²) in [5.74, 6) is 2.11. The molecular weight excluding hydrogens is 564 g/mol. The van der Waals surface area contributed by atoms with Crippen LogP contribution in [0.25, 0.3) is 11.1 Å². The smallest absolute Gasteiger partial charge is 0.340 e. The summed E-state index contributed by atoms with van der Waals surface area (Å²) in [4.78, 5) is 32.9. The zero-order valence-corrected chi connectivity index (χ0v) is 26.5. The van der Waals surface area contributed by atoms with Crippen LogP contribution in [0.15, 0.2) is 60.0 Å². The Labute approximate surface area is 265 Å². The number of amides is 1. The molecule has 0 bridgehead atoms. The molecule has 8 heteroatoms. The molecule has 1 aromatic heterocycles. The van der Waals surface area contributed by atoms with Crippen LogP contribution >= 0.6 is 0 Å². The number of oxime groups is 1. The average molecular weight is 609 g/mol. The second kappa shape index (κ2) is 12.8. The highest BCUT2D eigenvalue weighted by molar-refractivity contribution is 6.03. The summed E-state index contributed by atoms with van der Waals surface area (Å²) in [7, 11) is 1.73. The van der Waals surface area contributed by atoms with Crippen molar-refractivity contribution < 1.29 is 19.2 Å². The lowest BCUT2D eigenvalue weighted by Gasteiger charge is -2.36. The van der Waals surface area contributed by atoms with Crippen LogP contribution in [-0.2, 0) is 14.4 Å². The summed E-state index contributed by atoms with van der Waals surface area (Å²) in [5.41, 5.74) is 6.61. The molecule has 8 nitrogen and oxygen atoms in total. The van der Waals surface area contributed by atoms with Gasteiger partial charge in [-0.25, -0.2) is 4.79 Å². The minimum Gasteiger partial charge on any atom is -0.496 e. The molecule has 7 rings (SSSR count). The van der Waals surface area contributed by atoms with Gasteiger partial charge in [-0.2, -0.15) is 5.10 Å². The molecular formula is C37H44N4O4. The van der Waals surface area contributed by atoms with E-state index in [0.717, 1.165) is 86.2 Å². The van der Waals surface area contributed by atoms with Crippen molar-refractivity contribution in [3.05, 3.63) is 66.0 Å². The van der Waals surface area contributed by atoms with Gasteiger partial charge in [-0.1, -0.05) is 29.4 Å². The maximum Gasteiger partial charge on any atom is 0.340 e. The molecule has 3 fully saturated rings. The van der Waals surface area contributed by atoms with Crippen molar-refractivity contribution in [2.24, 2.45) is 22.9 Å². The Morgan fingerprint density at radius 3 is 2.42 bits per heavy atom. The number of rotatable bonds is 9. The molecule has 3 saturated carbocycles. The van der Waals surface area contributed by atoms with E-state index in [1.165, 1.54) is 24.0 Å². The number of carbonyl (C=O) groups is 2. The first-order valence-electron chi connectivity index (χ1n) is 16.8. The van der Waals surface area contributed by atoms with Crippen LogP contribution in [0.2, 0.25) is 0 Å². The summed E-state index contributed by atoms with van der Waals surface area (Å²) in [6, 6.07) is 15.6. The van der Waals surface area contributed by atoms with Crippen LogP contribution in [-0.4, -0.2) is 41.0 Å². The first-order valence-corrected chi connectivity index (χ1v) is 16.8. The minimum atomic E-state index is -0.270. The van der Waals surface area contributed by atoms with Gasteiger partial charge in [0, 0.05) is 35.8 Å². The van der Waals surface area contributed by atoms with Crippen LogP contribution in [0.4, 0.5) is 5.69 Å². The normalized spacial score (nSPS) is 25.0. The van der Waals surface area contributed by atoms with Crippen molar-refractivity contribution >= 4 is 23.3 Å². The SMILES string of the molecule is COc1ccc(C2CCC(CN(C(=O)C3CCC(C4=NOC(=O)C4)CC3)c3cccc(-c4cnn(C5CC5)c4)c3)CC2)cc1C. The first kappa shape index (κ1) is 29.8. The van der Waals surface area contributed by atoms with Crippen LogP contribution in [0, 0.1) is 24.7 Å². The van der Waals surface area contributed by atoms with E-state index in [4.69, 9.17) is 9.57 Å². The molecule has 1 aliphatic heterocycles. The second-order valence-electron chi connectivity index (χ2n) is 13.7. The van der Waals surface area contributed by atoms with Crippen molar-refractivity contribution in [3.8, 4) is 16.9 Å². The highest BCUT2D eigenvalue weighted by atomic mass is 16.7. The predicted octanol–water partition coefficient (Wildman–Crippen LogP) is 7.62. The van der Waals surface area contributed by atoms with Gasteiger partial charge in [-0.3, -0.25) is 9.48 Å². The largest absolute Gasteiger partial charge is 0.496 e. The molecule has 3 aromatic rings. The Morgan fingerprint density at radius 2 is 1.73 bits per heavy atom. The van der Waals surface area contributed by atoms with E-state index in [0.29, 0.717) is 17.9 Å². The molecule has 1 amide bonds. The topological polar surface area (TPSA) is 86.0 Å². The van der Waals surface area contributed by atoms with Gasteiger partial charge in [0.05, 0.1) is 31.5 Å². The highest BCUT2D eigenvalue weighted by Gasteiger charge is 2.36. The molecule has 0 radical (unpaired) electrons. The molecule has 45 heavy (non-hydrogen) atoms. The zero-order valence-electron chi connectivity index (χ0n) is 26.5. The number of hydrogen-bond acceptors (Lipinski definition) is 6. The van der Waals surface area contributed by atoms with Crippen molar-refractivity contribution in [2.75, 3.05) is 18.6 Å². The van der Waals surface area contributed by atoms with Gasteiger partial charge in [0.25, 0.3) is 0 Å². The molecule has 2 aromatic carbocycles. The molecule has 3 aliphatic carbocycles. The molecule has 0 saturated heterocycles. The quantitative estimate of drug-likeness (QED) is 0.233. The standard InChI is InChI=1S/C37H44N4O4/c1-24-18-30(14-17-35(24)44-2)26-8-6-25(7-9-26)22-40(37(43)28-12-10-27(11-13-28)34-20-36(42)45-39-34)33-5-3-4-29(19-33)31-21-38-41(23-31)32-15-16-32/h3-5,14,17-19,21,23,25-28,32H,6-13,15-16,20,22H2,1-2H3. The van der Waals surface area contributed by atoms with Crippen molar-refractivity contribution in [2.45, 2.75) is 89.5 Å². The van der Waals surface area contributed by atoms with Crippen molar-refractivity contribution in [1.29, 1.82) is 0 Å². The Bertz CT molecular complexity index is 1570. The Morgan fingerprint density at radius 1 is 0.956 bits per heavy atom. The molecule has 0 N–H and O–H groups in total. The van der Waals surface area contributed by atoms with E-state index in [9.17, 15) is 9.59 Å². The van der Waals surface area contributed by atoms with Gasteiger partial charge in [0.2, 0.25) is 5.91 Å². The van der Waals surface area contributed by atoms with E-state index in [2.05, 4.69) is 75.4 Å². The van der Waals surface area contributed by atoms with E-state index >= 15 is 0 Å². The molecule has 0 spiro atoms. The van der Waals surface area contributed by atoms with Crippen LogP contribution in [0.3, 0.4) is 0 Å². The van der Waals surface area contributed by atoms with Gasteiger partial charge >= 0.3 is 5.97 Å². The highest BCUT2D eigenvalue weighted by Crippen LogP contribution is 2.40. The summed E-state index contributed by atoms with van der Waals surface area (Å²) in [6.45, 7) is 2.86. The van der Waals surface area contributed by atoms with Crippen LogP contribution < -0.4 is 9.64 Å². The lowest BCUT2D eigenvalue weighted by atomic mass is 9.77. The number of benzene rings is 2. The Balaban J connectivity index is 1.07. The molecule has 0 atom stereocenters. The van der Waals surface area contributed by atoms with Gasteiger partial charge in [-0.05, 0) is 118 Å². The fourth-order valence-electron chi connectivity index (χ4n) is 7.73. The van der Waals surface area contributed by atoms with Crippen molar-refractivity contribution in [3.63, 3.8) is 0 Å². The van der Waals surface area contributed by atoms with E-state index in [1.54, 1.807) is 7.11 Å². The number of ether oxygens (including phenoxy) is 1. The minimum absolute atomic E-state index is 0.0280. The Hall–Kier alpha value is -3.94. The maximum absolute atomic E-state index is 14.4. The van der Waals surface area contributed by atoms with Gasteiger partial charge in [-0.15, -0.1) is 0 Å². The number of aromatic nitrogens is 2. The number of anilines is 1. The number of aryl methyl sites for hydroxylation is 1. The summed E-state index contributed by atoms with van der Waals surface area (Å²) < 4.78 is 7.57. The lowest BCUT2D eigenvalue weighted by molar-refractivity contribution is -0.140. The van der Waals surface area contributed by atoms with Gasteiger partial charge < -0.3 is 14.5 Å². The predicted molar refractivity (Wildman–Crippen MR) is 174 cm³/mol. The third-order valence-corrected chi connectivity index (χ3v) is 10.6. The third-order valence-electron chi connectivity index (χ3n) is 10.6. The van der Waals surface area contributed by atoms with Gasteiger partial charge in [0.15, 0.2) is 0 Å². The molecule has 0 unspecified atom stereocenters. The van der Waals surface area contributed by atoms with E-state index < -0.39 is 0 Å². The molecule has 2 heterocycles. The molecule has 236 valence electrons. The number of methoxy groups -OCH3 is 1. The van der Waals surface area contributed by atoms with Gasteiger partial charge in [0.1, 0.15) is 5.75 Å². The number of carbonyl (C=O) groups excluding carboxylic acids is 2. The summed E-state index contributed by atoms with van der Waals surface area (Å²) in [6.07, 6.45) is 14.6. The lowest BCUT2D eigenvalue weighted by Crippen LogP contribution is -2.41.